The standard InChI is InChI=1S/C12H17N3O/c13-7-10-3-5-15(6-4-10)12-2-1-11(9-16)8-14-12/h1-2,8-10H,3-7,13H2. The van der Waals surface area contributed by atoms with Crippen molar-refractivity contribution < 1.29 is 4.79 Å². The van der Waals surface area contributed by atoms with Gasteiger partial charge in [-0.15, -0.1) is 0 Å². The van der Waals surface area contributed by atoms with Crippen molar-refractivity contribution >= 4 is 12.1 Å². The van der Waals surface area contributed by atoms with Crippen LogP contribution in [0.1, 0.15) is 23.2 Å². The van der Waals surface area contributed by atoms with Gasteiger partial charge in [0.2, 0.25) is 0 Å². The van der Waals surface area contributed by atoms with Crippen molar-refractivity contribution in [2.45, 2.75) is 12.8 Å². The van der Waals surface area contributed by atoms with E-state index in [4.69, 9.17) is 5.73 Å². The predicted octanol–water partition coefficient (Wildman–Crippen LogP) is 1.07. The van der Waals surface area contributed by atoms with Crippen LogP contribution >= 0.6 is 0 Å². The highest BCUT2D eigenvalue weighted by atomic mass is 16.1. The number of aldehydes is 1. The van der Waals surface area contributed by atoms with Crippen LogP contribution in [-0.4, -0.2) is 30.9 Å². The Morgan fingerprint density at radius 2 is 2.19 bits per heavy atom. The number of rotatable bonds is 3. The molecule has 1 fully saturated rings. The summed E-state index contributed by atoms with van der Waals surface area (Å²) in [5.74, 6) is 1.62. The van der Waals surface area contributed by atoms with E-state index in [9.17, 15) is 4.79 Å². The van der Waals surface area contributed by atoms with Crippen LogP contribution in [0.2, 0.25) is 0 Å². The number of nitrogens with two attached hydrogens (primary N) is 1. The average molecular weight is 219 g/mol. The fourth-order valence-corrected chi connectivity index (χ4v) is 2.05. The second-order valence-electron chi connectivity index (χ2n) is 4.23. The van der Waals surface area contributed by atoms with Crippen molar-refractivity contribution in [1.82, 2.24) is 4.98 Å². The summed E-state index contributed by atoms with van der Waals surface area (Å²) in [5.41, 5.74) is 6.28. The number of pyridine rings is 1. The summed E-state index contributed by atoms with van der Waals surface area (Å²) in [7, 11) is 0. The summed E-state index contributed by atoms with van der Waals surface area (Å²) in [4.78, 5) is 17.0. The number of nitrogens with zero attached hydrogens (tertiary/aromatic N) is 2. The molecule has 0 aromatic carbocycles. The molecule has 0 atom stereocenters. The summed E-state index contributed by atoms with van der Waals surface area (Å²) in [6, 6.07) is 3.72. The molecule has 1 saturated heterocycles. The maximum atomic E-state index is 10.5. The highest BCUT2D eigenvalue weighted by Gasteiger charge is 2.18. The van der Waals surface area contributed by atoms with E-state index in [1.54, 1.807) is 6.20 Å². The highest BCUT2D eigenvalue weighted by Crippen LogP contribution is 2.20. The van der Waals surface area contributed by atoms with Crippen LogP contribution in [0.3, 0.4) is 0 Å². The van der Waals surface area contributed by atoms with Crippen LogP contribution in [0, 0.1) is 5.92 Å². The smallest absolute Gasteiger partial charge is 0.151 e. The average Bonchev–Trinajstić information content (AvgIpc) is 2.39. The minimum atomic E-state index is 0.626. The van der Waals surface area contributed by atoms with Crippen LogP contribution in [0.15, 0.2) is 18.3 Å². The van der Waals surface area contributed by atoms with Crippen LogP contribution < -0.4 is 10.6 Å². The van der Waals surface area contributed by atoms with Gasteiger partial charge >= 0.3 is 0 Å². The summed E-state index contributed by atoms with van der Waals surface area (Å²) >= 11 is 0. The van der Waals surface area contributed by atoms with Gasteiger partial charge in [-0.3, -0.25) is 4.79 Å². The third kappa shape index (κ3) is 2.39. The third-order valence-corrected chi connectivity index (χ3v) is 3.18. The van der Waals surface area contributed by atoms with Crippen LogP contribution in [0.4, 0.5) is 5.82 Å². The molecule has 1 aliphatic heterocycles. The fourth-order valence-electron chi connectivity index (χ4n) is 2.05. The van der Waals surface area contributed by atoms with Crippen molar-refractivity contribution in [2.24, 2.45) is 11.7 Å². The lowest BCUT2D eigenvalue weighted by atomic mass is 9.97. The molecule has 1 aromatic rings. The van der Waals surface area contributed by atoms with Crippen LogP contribution in [-0.2, 0) is 0 Å². The van der Waals surface area contributed by atoms with E-state index in [2.05, 4.69) is 9.88 Å². The minimum absolute atomic E-state index is 0.626. The molecule has 1 aliphatic rings. The van der Waals surface area contributed by atoms with Gasteiger partial charge in [0, 0.05) is 24.8 Å². The van der Waals surface area contributed by atoms with Gasteiger partial charge in [0.1, 0.15) is 5.82 Å². The number of hydrogen-bond acceptors (Lipinski definition) is 4. The number of piperidine rings is 1. The van der Waals surface area contributed by atoms with Gasteiger partial charge in [-0.05, 0) is 37.4 Å². The normalized spacial score (nSPS) is 17.4. The Bertz CT molecular complexity index is 342. The van der Waals surface area contributed by atoms with E-state index in [1.165, 1.54) is 0 Å². The molecule has 1 aromatic heterocycles. The Morgan fingerprint density at radius 1 is 1.44 bits per heavy atom. The van der Waals surface area contributed by atoms with E-state index in [1.807, 2.05) is 12.1 Å². The number of aromatic nitrogens is 1. The number of carbonyl (C=O) groups is 1. The first-order valence-corrected chi connectivity index (χ1v) is 5.69. The molecule has 4 nitrogen and oxygen atoms in total. The third-order valence-electron chi connectivity index (χ3n) is 3.18. The fraction of sp³-hybridized carbons (Fsp3) is 0.500. The van der Waals surface area contributed by atoms with Gasteiger partial charge in [0.05, 0.1) is 0 Å². The Morgan fingerprint density at radius 3 is 2.69 bits per heavy atom. The second-order valence-corrected chi connectivity index (χ2v) is 4.23. The second kappa shape index (κ2) is 5.07. The van der Waals surface area contributed by atoms with E-state index < -0.39 is 0 Å². The number of carbonyl (C=O) groups excluding carboxylic acids is 1. The molecule has 0 aliphatic carbocycles. The minimum Gasteiger partial charge on any atom is -0.357 e. The van der Waals surface area contributed by atoms with Crippen molar-refractivity contribution in [3.63, 3.8) is 0 Å². The van der Waals surface area contributed by atoms with Crippen LogP contribution in [0.25, 0.3) is 0 Å². The van der Waals surface area contributed by atoms with Gasteiger partial charge in [0.15, 0.2) is 6.29 Å². The molecular weight excluding hydrogens is 202 g/mol. The lowest BCUT2D eigenvalue weighted by Gasteiger charge is -2.32. The van der Waals surface area contributed by atoms with Crippen molar-refractivity contribution in [1.29, 1.82) is 0 Å². The lowest BCUT2D eigenvalue weighted by molar-refractivity contribution is 0.112. The number of hydrogen-bond donors (Lipinski definition) is 1. The zero-order chi connectivity index (χ0) is 11.4. The molecule has 0 saturated carbocycles. The first-order chi connectivity index (χ1) is 7.83. The summed E-state index contributed by atoms with van der Waals surface area (Å²) in [5, 5.41) is 0. The highest BCUT2D eigenvalue weighted by molar-refractivity contribution is 5.74. The Hall–Kier alpha value is -1.42. The van der Waals surface area contributed by atoms with Gasteiger partial charge in [-0.1, -0.05) is 0 Å². The van der Waals surface area contributed by atoms with Gasteiger partial charge in [-0.2, -0.15) is 0 Å². The Kier molecular flexibility index (Phi) is 3.51. The zero-order valence-corrected chi connectivity index (χ0v) is 9.30. The topological polar surface area (TPSA) is 59.2 Å². The van der Waals surface area contributed by atoms with Crippen molar-refractivity contribution in [3.05, 3.63) is 23.9 Å². The molecule has 0 amide bonds. The molecular formula is C12H17N3O. The van der Waals surface area contributed by atoms with Gasteiger partial charge in [0.25, 0.3) is 0 Å². The maximum Gasteiger partial charge on any atom is 0.151 e. The first-order valence-electron chi connectivity index (χ1n) is 5.69. The largest absolute Gasteiger partial charge is 0.357 e. The first kappa shape index (κ1) is 11.1. The molecule has 0 unspecified atom stereocenters. The van der Waals surface area contributed by atoms with E-state index in [0.29, 0.717) is 11.5 Å². The predicted molar refractivity (Wildman–Crippen MR) is 63.6 cm³/mol. The summed E-state index contributed by atoms with van der Waals surface area (Å²) in [6.45, 7) is 2.80. The quantitative estimate of drug-likeness (QED) is 0.772. The summed E-state index contributed by atoms with van der Waals surface area (Å²) < 4.78 is 0. The van der Waals surface area contributed by atoms with Gasteiger partial charge in [-0.25, -0.2) is 4.98 Å². The Labute approximate surface area is 95.5 Å². The zero-order valence-electron chi connectivity index (χ0n) is 9.30. The van der Waals surface area contributed by atoms with E-state index >= 15 is 0 Å². The molecule has 0 spiro atoms. The molecule has 2 N–H and O–H groups in total. The summed E-state index contributed by atoms with van der Waals surface area (Å²) in [6.07, 6.45) is 4.70. The van der Waals surface area contributed by atoms with Crippen molar-refractivity contribution in [2.75, 3.05) is 24.5 Å². The molecule has 0 bridgehead atoms. The van der Waals surface area contributed by atoms with E-state index in [0.717, 1.165) is 44.6 Å². The molecule has 16 heavy (non-hydrogen) atoms. The molecule has 4 heteroatoms. The van der Waals surface area contributed by atoms with E-state index in [-0.39, 0.29) is 0 Å². The molecule has 86 valence electrons. The van der Waals surface area contributed by atoms with Crippen LogP contribution in [0.5, 0.6) is 0 Å². The van der Waals surface area contributed by atoms with Crippen molar-refractivity contribution in [3.8, 4) is 0 Å². The maximum absolute atomic E-state index is 10.5. The number of anilines is 1. The lowest BCUT2D eigenvalue weighted by Crippen LogP contribution is -2.36. The Balaban J connectivity index is 1.99. The molecule has 0 radical (unpaired) electrons. The monoisotopic (exact) mass is 219 g/mol. The SMILES string of the molecule is NCC1CCN(c2ccc(C=O)cn2)CC1. The van der Waals surface area contributed by atoms with Gasteiger partial charge < -0.3 is 10.6 Å². The molecule has 2 heterocycles. The molecule has 2 rings (SSSR count).